The van der Waals surface area contributed by atoms with Gasteiger partial charge in [-0.15, -0.1) is 0 Å². The molecular formula is C23H26FN3O3. The molecule has 2 N–H and O–H groups in total. The van der Waals surface area contributed by atoms with Crippen LogP contribution in [0, 0.1) is 11.7 Å². The van der Waals surface area contributed by atoms with Gasteiger partial charge in [-0.2, -0.15) is 0 Å². The Morgan fingerprint density at radius 1 is 1.13 bits per heavy atom. The van der Waals surface area contributed by atoms with E-state index in [0.717, 1.165) is 24.9 Å². The van der Waals surface area contributed by atoms with E-state index < -0.39 is 17.6 Å². The van der Waals surface area contributed by atoms with E-state index in [0.29, 0.717) is 5.69 Å². The minimum Gasteiger partial charge on any atom is -0.326 e. The number of aryl methyl sites for hydroxylation is 1. The zero-order valence-corrected chi connectivity index (χ0v) is 17.2. The van der Waals surface area contributed by atoms with Crippen molar-refractivity contribution < 1.29 is 18.8 Å². The molecule has 2 aromatic rings. The summed E-state index contributed by atoms with van der Waals surface area (Å²) >= 11 is 0. The number of hydrogen-bond donors (Lipinski definition) is 2. The van der Waals surface area contributed by atoms with Crippen molar-refractivity contribution in [2.45, 2.75) is 39.5 Å². The highest BCUT2D eigenvalue weighted by atomic mass is 19.1. The van der Waals surface area contributed by atoms with E-state index in [1.54, 1.807) is 4.90 Å². The summed E-state index contributed by atoms with van der Waals surface area (Å²) in [6.07, 6.45) is 3.30. The fourth-order valence-corrected chi connectivity index (χ4v) is 3.49. The van der Waals surface area contributed by atoms with Crippen LogP contribution in [0.1, 0.15) is 38.7 Å². The monoisotopic (exact) mass is 411 g/mol. The van der Waals surface area contributed by atoms with E-state index in [2.05, 4.69) is 17.6 Å². The van der Waals surface area contributed by atoms with Crippen molar-refractivity contribution in [2.24, 2.45) is 5.92 Å². The molecule has 1 heterocycles. The average Bonchev–Trinajstić information content (AvgIpc) is 3.11. The van der Waals surface area contributed by atoms with Crippen molar-refractivity contribution in [1.29, 1.82) is 0 Å². The number of unbranched alkanes of at least 4 members (excludes halogenated alkanes) is 1. The number of rotatable bonds is 7. The Kier molecular flexibility index (Phi) is 6.82. The molecule has 0 unspecified atom stereocenters. The lowest BCUT2D eigenvalue weighted by atomic mass is 10.1. The number of anilines is 3. The summed E-state index contributed by atoms with van der Waals surface area (Å²) in [4.78, 5) is 37.9. The van der Waals surface area contributed by atoms with Gasteiger partial charge in [0.1, 0.15) is 5.82 Å². The van der Waals surface area contributed by atoms with Crippen LogP contribution < -0.4 is 15.5 Å². The van der Waals surface area contributed by atoms with Crippen molar-refractivity contribution in [2.75, 3.05) is 22.1 Å². The lowest BCUT2D eigenvalue weighted by Gasteiger charge is -2.17. The van der Waals surface area contributed by atoms with Crippen LogP contribution in [-0.2, 0) is 20.8 Å². The Balaban J connectivity index is 1.66. The van der Waals surface area contributed by atoms with E-state index >= 15 is 0 Å². The molecule has 0 saturated carbocycles. The molecule has 0 aliphatic carbocycles. The summed E-state index contributed by atoms with van der Waals surface area (Å²) in [5, 5.41) is 5.10. The molecule has 6 nitrogen and oxygen atoms in total. The Labute approximate surface area is 175 Å². The fraction of sp³-hybridized carbons (Fsp3) is 0.348. The lowest BCUT2D eigenvalue weighted by molar-refractivity contribution is -0.122. The van der Waals surface area contributed by atoms with Gasteiger partial charge in [0, 0.05) is 31.3 Å². The quantitative estimate of drug-likeness (QED) is 0.719. The fourth-order valence-electron chi connectivity index (χ4n) is 3.49. The van der Waals surface area contributed by atoms with Crippen molar-refractivity contribution in [3.8, 4) is 0 Å². The Morgan fingerprint density at radius 2 is 1.87 bits per heavy atom. The molecule has 1 aliphatic rings. The van der Waals surface area contributed by atoms with Crippen LogP contribution in [0.5, 0.6) is 0 Å². The van der Waals surface area contributed by atoms with Crippen molar-refractivity contribution >= 4 is 34.8 Å². The van der Waals surface area contributed by atoms with Gasteiger partial charge in [-0.3, -0.25) is 14.4 Å². The number of carbonyl (C=O) groups is 3. The van der Waals surface area contributed by atoms with Crippen LogP contribution in [0.3, 0.4) is 0 Å². The topological polar surface area (TPSA) is 78.5 Å². The van der Waals surface area contributed by atoms with Crippen molar-refractivity contribution in [3.63, 3.8) is 0 Å². The molecule has 158 valence electrons. The number of benzene rings is 2. The highest BCUT2D eigenvalue weighted by Gasteiger charge is 2.35. The first-order chi connectivity index (χ1) is 14.4. The second-order valence-electron chi connectivity index (χ2n) is 7.54. The summed E-state index contributed by atoms with van der Waals surface area (Å²) in [5.74, 6) is -2.05. The number of carbonyl (C=O) groups excluding carboxylic acids is 3. The van der Waals surface area contributed by atoms with Crippen LogP contribution in [0.15, 0.2) is 42.5 Å². The van der Waals surface area contributed by atoms with Gasteiger partial charge in [-0.25, -0.2) is 4.39 Å². The summed E-state index contributed by atoms with van der Waals surface area (Å²) in [7, 11) is 0. The summed E-state index contributed by atoms with van der Waals surface area (Å²) in [5.41, 5.74) is 2.33. The van der Waals surface area contributed by atoms with E-state index in [9.17, 15) is 18.8 Å². The third-order valence-electron chi connectivity index (χ3n) is 5.11. The second kappa shape index (κ2) is 9.52. The maximum Gasteiger partial charge on any atom is 0.229 e. The summed E-state index contributed by atoms with van der Waals surface area (Å²) in [6, 6.07) is 11.8. The van der Waals surface area contributed by atoms with E-state index in [-0.39, 0.29) is 30.5 Å². The zero-order chi connectivity index (χ0) is 21.7. The predicted molar refractivity (Wildman–Crippen MR) is 115 cm³/mol. The zero-order valence-electron chi connectivity index (χ0n) is 17.2. The summed E-state index contributed by atoms with van der Waals surface area (Å²) in [6.45, 7) is 3.73. The van der Waals surface area contributed by atoms with Gasteiger partial charge in [0.15, 0.2) is 0 Å². The first-order valence-corrected chi connectivity index (χ1v) is 10.1. The number of halogens is 1. The Hall–Kier alpha value is -3.22. The molecule has 2 aromatic carbocycles. The third-order valence-corrected chi connectivity index (χ3v) is 5.11. The molecule has 1 saturated heterocycles. The molecule has 0 radical (unpaired) electrons. The predicted octanol–water partition coefficient (Wildman–Crippen LogP) is 4.12. The minimum atomic E-state index is -0.610. The van der Waals surface area contributed by atoms with E-state index in [4.69, 9.17) is 0 Å². The first-order valence-electron chi connectivity index (χ1n) is 10.1. The minimum absolute atomic E-state index is 0.0302. The standard InChI is InChI=1S/C23H26FN3O3/c1-3-4-5-16-6-9-19(10-7-16)27-14-17(12-22(27)29)23(30)26-21-13-18(25-15(2)28)8-11-20(21)24/h6-11,13,17H,3-5,12,14H2,1-2H3,(H,25,28)(H,26,30)/t17-/m0/s1. The Bertz CT molecular complexity index is 943. The second-order valence-corrected chi connectivity index (χ2v) is 7.54. The highest BCUT2D eigenvalue weighted by molar-refractivity contribution is 6.03. The smallest absolute Gasteiger partial charge is 0.229 e. The van der Waals surface area contributed by atoms with Crippen LogP contribution in [-0.4, -0.2) is 24.3 Å². The molecule has 0 bridgehead atoms. The molecule has 3 rings (SSSR count). The molecular weight excluding hydrogens is 385 g/mol. The molecule has 1 fully saturated rings. The van der Waals surface area contributed by atoms with Gasteiger partial charge in [0.2, 0.25) is 17.7 Å². The SMILES string of the molecule is CCCCc1ccc(N2C[C@@H](C(=O)Nc3cc(NC(C)=O)ccc3F)CC2=O)cc1. The largest absolute Gasteiger partial charge is 0.326 e. The molecule has 7 heteroatoms. The van der Waals surface area contributed by atoms with Crippen LogP contribution in [0.2, 0.25) is 0 Å². The molecule has 30 heavy (non-hydrogen) atoms. The normalized spacial score (nSPS) is 15.9. The van der Waals surface area contributed by atoms with Gasteiger partial charge >= 0.3 is 0 Å². The number of amides is 3. The molecule has 1 aliphatic heterocycles. The maximum absolute atomic E-state index is 14.1. The van der Waals surface area contributed by atoms with Crippen LogP contribution >= 0.6 is 0 Å². The van der Waals surface area contributed by atoms with Crippen LogP contribution in [0.25, 0.3) is 0 Å². The van der Waals surface area contributed by atoms with E-state index in [1.807, 2.05) is 24.3 Å². The van der Waals surface area contributed by atoms with Gasteiger partial charge < -0.3 is 15.5 Å². The van der Waals surface area contributed by atoms with Gasteiger partial charge in [0.05, 0.1) is 11.6 Å². The number of nitrogens with zero attached hydrogens (tertiary/aromatic N) is 1. The third kappa shape index (κ3) is 5.23. The first kappa shape index (κ1) is 21.5. The lowest BCUT2D eigenvalue weighted by Crippen LogP contribution is -2.28. The van der Waals surface area contributed by atoms with Crippen LogP contribution in [0.4, 0.5) is 21.5 Å². The van der Waals surface area contributed by atoms with Gasteiger partial charge in [-0.05, 0) is 48.7 Å². The van der Waals surface area contributed by atoms with Gasteiger partial charge in [0.25, 0.3) is 0 Å². The molecule has 0 aromatic heterocycles. The Morgan fingerprint density at radius 3 is 2.53 bits per heavy atom. The van der Waals surface area contributed by atoms with E-state index in [1.165, 1.54) is 30.7 Å². The molecule has 1 atom stereocenters. The average molecular weight is 411 g/mol. The summed E-state index contributed by atoms with van der Waals surface area (Å²) < 4.78 is 14.1. The molecule has 0 spiro atoms. The van der Waals surface area contributed by atoms with Crippen molar-refractivity contribution in [3.05, 3.63) is 53.8 Å². The maximum atomic E-state index is 14.1. The van der Waals surface area contributed by atoms with Crippen molar-refractivity contribution in [1.82, 2.24) is 0 Å². The van der Waals surface area contributed by atoms with Gasteiger partial charge in [-0.1, -0.05) is 25.5 Å². The number of nitrogens with one attached hydrogen (secondary N) is 2. The highest BCUT2D eigenvalue weighted by Crippen LogP contribution is 2.27. The number of hydrogen-bond acceptors (Lipinski definition) is 3. The molecule has 3 amide bonds.